The van der Waals surface area contributed by atoms with Crippen molar-refractivity contribution >= 4 is 33.6 Å². The molecule has 100 valence electrons. The van der Waals surface area contributed by atoms with Gasteiger partial charge in [-0.3, -0.25) is 4.79 Å². The van der Waals surface area contributed by atoms with Crippen LogP contribution in [-0.2, 0) is 11.4 Å². The minimum Gasteiger partial charge on any atom is -0.592 e. The molecule has 7 heteroatoms. The van der Waals surface area contributed by atoms with Crippen LogP contribution in [0.4, 0.5) is 5.00 Å². The van der Waals surface area contributed by atoms with Crippen LogP contribution in [0.15, 0.2) is 10.3 Å². The smallest absolute Gasteiger partial charge is 0.251 e. The fourth-order valence-corrected chi connectivity index (χ4v) is 4.65. The van der Waals surface area contributed by atoms with Gasteiger partial charge in [-0.2, -0.15) is 0 Å². The van der Waals surface area contributed by atoms with Gasteiger partial charge in [0, 0.05) is 26.2 Å². The summed E-state index contributed by atoms with van der Waals surface area (Å²) in [5, 5.41) is 3.60. The van der Waals surface area contributed by atoms with Gasteiger partial charge < -0.3 is 15.6 Å². The number of amides is 1. The third-order valence-electron chi connectivity index (χ3n) is 2.92. The molecular weight excluding hydrogens is 270 g/mol. The van der Waals surface area contributed by atoms with E-state index in [1.165, 1.54) is 17.8 Å². The van der Waals surface area contributed by atoms with E-state index in [4.69, 9.17) is 5.73 Å². The third kappa shape index (κ3) is 2.80. The Hall–Kier alpha value is -0.760. The Morgan fingerprint density at radius 2 is 2.17 bits per heavy atom. The molecule has 0 bridgehead atoms. The van der Waals surface area contributed by atoms with Gasteiger partial charge in [-0.15, -0.1) is 4.31 Å². The second-order valence-corrected chi connectivity index (χ2v) is 6.93. The molecule has 0 aromatic carbocycles. The molecule has 2 heterocycles. The van der Waals surface area contributed by atoms with Crippen LogP contribution in [0.5, 0.6) is 0 Å². The number of nitrogens with two attached hydrogens (primary N) is 1. The van der Waals surface area contributed by atoms with Gasteiger partial charge in [0.05, 0.1) is 16.9 Å². The highest BCUT2D eigenvalue weighted by molar-refractivity contribution is 7.91. The van der Waals surface area contributed by atoms with Gasteiger partial charge in [-0.1, -0.05) is 17.8 Å². The highest BCUT2D eigenvalue weighted by atomic mass is 32.2. The lowest BCUT2D eigenvalue weighted by Crippen LogP contribution is -2.35. The molecule has 0 saturated carbocycles. The average Bonchev–Trinajstić information content (AvgIpc) is 2.83. The summed E-state index contributed by atoms with van der Waals surface area (Å²) in [7, 11) is 1.73. The summed E-state index contributed by atoms with van der Waals surface area (Å²) in [5.41, 5.74) is 5.72. The Morgan fingerprint density at radius 3 is 2.67 bits per heavy atom. The number of nitrogens with one attached hydrogen (secondary N) is 1. The number of piperidine rings is 1. The topological polar surface area (TPSA) is 81.4 Å². The van der Waals surface area contributed by atoms with Crippen molar-refractivity contribution in [1.29, 1.82) is 0 Å². The van der Waals surface area contributed by atoms with Crippen LogP contribution in [-0.4, -0.2) is 34.9 Å². The monoisotopic (exact) mass is 287 g/mol. The largest absolute Gasteiger partial charge is 0.592 e. The molecule has 0 spiro atoms. The molecule has 1 saturated heterocycles. The van der Waals surface area contributed by atoms with E-state index in [0.29, 0.717) is 14.8 Å². The molecule has 2 rings (SSSR count). The molecule has 1 aromatic heterocycles. The average molecular weight is 287 g/mol. The highest BCUT2D eigenvalue weighted by Crippen LogP contribution is 2.33. The van der Waals surface area contributed by atoms with E-state index in [1.807, 2.05) is 4.31 Å². The molecule has 5 nitrogen and oxygen atoms in total. The van der Waals surface area contributed by atoms with Gasteiger partial charge in [-0.05, 0) is 12.8 Å². The lowest BCUT2D eigenvalue weighted by molar-refractivity contribution is 0.100. The molecule has 1 aromatic rings. The van der Waals surface area contributed by atoms with Crippen LogP contribution < -0.4 is 11.1 Å². The van der Waals surface area contributed by atoms with Crippen molar-refractivity contribution in [3.8, 4) is 0 Å². The van der Waals surface area contributed by atoms with Crippen molar-refractivity contribution in [3.05, 3.63) is 11.6 Å². The first-order valence-electron chi connectivity index (χ1n) is 5.91. The molecule has 0 radical (unpaired) electrons. The molecule has 1 unspecified atom stereocenters. The number of hydrogen-bond donors (Lipinski definition) is 2. The number of thiophene rings is 1. The summed E-state index contributed by atoms with van der Waals surface area (Å²) < 4.78 is 15.0. The van der Waals surface area contributed by atoms with E-state index >= 15 is 0 Å². The summed E-state index contributed by atoms with van der Waals surface area (Å²) >= 11 is 0.162. The number of carbonyl (C=O) groups excluding carboxylic acids is 1. The van der Waals surface area contributed by atoms with E-state index in [-0.39, 0.29) is 0 Å². The molecule has 0 aliphatic carbocycles. The number of hydrogen-bond acceptors (Lipinski definition) is 5. The number of anilines is 1. The van der Waals surface area contributed by atoms with Crippen LogP contribution >= 0.6 is 11.3 Å². The Balaban J connectivity index is 2.19. The molecule has 1 aliphatic heterocycles. The molecular formula is C11H17N3O2S2. The Bertz CT molecular complexity index is 430. The Labute approximate surface area is 114 Å². The van der Waals surface area contributed by atoms with E-state index < -0.39 is 17.3 Å². The van der Waals surface area contributed by atoms with Crippen LogP contribution in [0.2, 0.25) is 0 Å². The maximum atomic E-state index is 12.4. The van der Waals surface area contributed by atoms with Crippen molar-refractivity contribution in [2.45, 2.75) is 23.5 Å². The molecule has 1 atom stereocenters. The van der Waals surface area contributed by atoms with E-state index in [1.54, 1.807) is 13.1 Å². The van der Waals surface area contributed by atoms with Crippen molar-refractivity contribution in [3.63, 3.8) is 0 Å². The van der Waals surface area contributed by atoms with Gasteiger partial charge >= 0.3 is 0 Å². The summed E-state index contributed by atoms with van der Waals surface area (Å²) in [6.45, 7) is 1.70. The minimum atomic E-state index is -1.17. The quantitative estimate of drug-likeness (QED) is 0.820. The van der Waals surface area contributed by atoms with E-state index in [9.17, 15) is 9.35 Å². The number of primary amides is 1. The van der Waals surface area contributed by atoms with Crippen LogP contribution in [0.3, 0.4) is 0 Å². The summed E-state index contributed by atoms with van der Waals surface area (Å²) in [5.74, 6) is -0.488. The minimum absolute atomic E-state index is 0.419. The first kappa shape index (κ1) is 13.7. The maximum absolute atomic E-state index is 12.4. The van der Waals surface area contributed by atoms with E-state index in [2.05, 4.69) is 5.32 Å². The summed E-state index contributed by atoms with van der Waals surface area (Å²) in [6.07, 6.45) is 3.36. The Kier molecular flexibility index (Phi) is 4.50. The van der Waals surface area contributed by atoms with Crippen molar-refractivity contribution < 1.29 is 9.35 Å². The van der Waals surface area contributed by atoms with Gasteiger partial charge in [0.2, 0.25) is 4.21 Å². The number of rotatable bonds is 4. The number of carbonyl (C=O) groups is 1. The predicted octanol–water partition coefficient (Wildman–Crippen LogP) is 1.40. The first-order chi connectivity index (χ1) is 8.63. The fraction of sp³-hybridized carbons (Fsp3) is 0.545. The van der Waals surface area contributed by atoms with Gasteiger partial charge in [-0.25, -0.2) is 0 Å². The molecule has 3 N–H and O–H groups in total. The van der Waals surface area contributed by atoms with Crippen molar-refractivity contribution in [1.82, 2.24) is 4.31 Å². The zero-order chi connectivity index (χ0) is 13.1. The van der Waals surface area contributed by atoms with Crippen LogP contribution in [0.25, 0.3) is 0 Å². The van der Waals surface area contributed by atoms with Crippen molar-refractivity contribution in [2.24, 2.45) is 5.73 Å². The van der Waals surface area contributed by atoms with Crippen LogP contribution in [0.1, 0.15) is 29.6 Å². The zero-order valence-electron chi connectivity index (χ0n) is 10.3. The second-order valence-electron chi connectivity index (χ2n) is 4.16. The van der Waals surface area contributed by atoms with Gasteiger partial charge in [0.1, 0.15) is 5.00 Å². The Morgan fingerprint density at radius 1 is 1.50 bits per heavy atom. The standard InChI is InChI=1S/C11H17N3O2S2/c1-13-11-8(10(12)15)7-9(17-11)18(16)14-5-3-2-4-6-14/h7,13H,2-6H2,1H3,(H2,12,15). The summed E-state index contributed by atoms with van der Waals surface area (Å²) in [4.78, 5) is 11.3. The third-order valence-corrected chi connectivity index (χ3v) is 5.84. The SMILES string of the molecule is CNc1sc([S+]([O-])N2CCCCC2)cc1C(N)=O. The number of nitrogens with zero attached hydrogens (tertiary/aromatic N) is 1. The summed E-state index contributed by atoms with van der Waals surface area (Å²) in [6, 6.07) is 1.64. The van der Waals surface area contributed by atoms with Crippen LogP contribution in [0, 0.1) is 0 Å². The lowest BCUT2D eigenvalue weighted by atomic mass is 10.2. The van der Waals surface area contributed by atoms with E-state index in [0.717, 1.165) is 25.9 Å². The van der Waals surface area contributed by atoms with Gasteiger partial charge in [0.15, 0.2) is 0 Å². The molecule has 1 amide bonds. The normalized spacial score (nSPS) is 18.6. The molecule has 1 aliphatic rings. The first-order valence-corrected chi connectivity index (χ1v) is 7.84. The predicted molar refractivity (Wildman–Crippen MR) is 74.2 cm³/mol. The van der Waals surface area contributed by atoms with Gasteiger partial charge in [0.25, 0.3) is 5.91 Å². The highest BCUT2D eigenvalue weighted by Gasteiger charge is 2.28. The fourth-order valence-electron chi connectivity index (χ4n) is 1.98. The zero-order valence-corrected chi connectivity index (χ0v) is 11.9. The lowest BCUT2D eigenvalue weighted by Gasteiger charge is -2.26. The van der Waals surface area contributed by atoms with Crippen molar-refractivity contribution in [2.75, 3.05) is 25.5 Å². The molecule has 18 heavy (non-hydrogen) atoms. The second kappa shape index (κ2) is 5.92. The molecule has 1 fully saturated rings. The maximum Gasteiger partial charge on any atom is 0.251 e.